The molecule has 2 unspecified atom stereocenters. The lowest BCUT2D eigenvalue weighted by atomic mass is 9.90. The van der Waals surface area contributed by atoms with Gasteiger partial charge in [-0.15, -0.1) is 0 Å². The van der Waals surface area contributed by atoms with Crippen LogP contribution in [0.2, 0.25) is 0 Å². The minimum Gasteiger partial charge on any atom is -0.309 e. The molecule has 1 aromatic heterocycles. The van der Waals surface area contributed by atoms with E-state index in [1.807, 2.05) is 12.3 Å². The Morgan fingerprint density at radius 1 is 1.26 bits per heavy atom. The Bertz CT molecular complexity index is 349. The lowest BCUT2D eigenvalue weighted by Gasteiger charge is -2.24. The van der Waals surface area contributed by atoms with Gasteiger partial charge in [0.15, 0.2) is 0 Å². The number of nitrogens with one attached hydrogen (secondary N) is 1. The predicted octanol–water partition coefficient (Wildman–Crippen LogP) is 4.65. The molecule has 0 spiro atoms. The fourth-order valence-corrected chi connectivity index (χ4v) is 2.72. The Hall–Kier alpha value is -0.890. The molecule has 0 amide bonds. The predicted molar refractivity (Wildman–Crippen MR) is 83.3 cm³/mol. The minimum atomic E-state index is 0.410. The van der Waals surface area contributed by atoms with Gasteiger partial charge in [0.2, 0.25) is 0 Å². The van der Waals surface area contributed by atoms with E-state index in [9.17, 15) is 0 Å². The first kappa shape index (κ1) is 16.2. The zero-order chi connectivity index (χ0) is 14.1. The molecule has 0 radical (unpaired) electrons. The molecule has 1 N–H and O–H groups in total. The molecule has 2 heteroatoms. The van der Waals surface area contributed by atoms with Gasteiger partial charge in [0.25, 0.3) is 0 Å². The Kier molecular flexibility index (Phi) is 7.73. The van der Waals surface area contributed by atoms with E-state index >= 15 is 0 Å². The summed E-state index contributed by atoms with van der Waals surface area (Å²) in [7, 11) is 0. The van der Waals surface area contributed by atoms with Gasteiger partial charge in [-0.25, -0.2) is 0 Å². The van der Waals surface area contributed by atoms with E-state index in [0.717, 1.165) is 12.5 Å². The van der Waals surface area contributed by atoms with E-state index < -0.39 is 0 Å². The number of unbranched alkanes of at least 4 members (excludes halogenated alkanes) is 1. The van der Waals surface area contributed by atoms with Crippen molar-refractivity contribution in [2.24, 2.45) is 5.92 Å². The molecule has 2 atom stereocenters. The zero-order valence-corrected chi connectivity index (χ0v) is 13.1. The molecule has 1 heterocycles. The molecule has 0 saturated carbocycles. The van der Waals surface area contributed by atoms with Gasteiger partial charge >= 0.3 is 0 Å². The third-order valence-corrected chi connectivity index (χ3v) is 3.94. The van der Waals surface area contributed by atoms with Crippen molar-refractivity contribution in [1.29, 1.82) is 0 Å². The fraction of sp³-hybridized carbons (Fsp3) is 0.706. The minimum absolute atomic E-state index is 0.410. The van der Waals surface area contributed by atoms with Crippen molar-refractivity contribution >= 4 is 0 Å². The van der Waals surface area contributed by atoms with E-state index in [1.54, 1.807) is 0 Å². The number of rotatable bonds is 9. The van der Waals surface area contributed by atoms with Crippen LogP contribution in [0.5, 0.6) is 0 Å². The molecular formula is C17H30N2. The van der Waals surface area contributed by atoms with Crippen molar-refractivity contribution in [2.75, 3.05) is 6.54 Å². The molecule has 1 rings (SSSR count). The SMILES string of the molecule is CCCCC(CC)CC(NCC)c1ncccc1C. The number of nitrogens with zero attached hydrogens (tertiary/aromatic N) is 1. The lowest BCUT2D eigenvalue weighted by molar-refractivity contribution is 0.352. The number of aryl methyl sites for hydroxylation is 1. The first-order valence-corrected chi connectivity index (χ1v) is 7.87. The average molecular weight is 262 g/mol. The summed E-state index contributed by atoms with van der Waals surface area (Å²) in [6.45, 7) is 9.94. The highest BCUT2D eigenvalue weighted by Gasteiger charge is 2.18. The maximum Gasteiger partial charge on any atom is 0.0602 e. The molecule has 0 aliphatic carbocycles. The molecule has 19 heavy (non-hydrogen) atoms. The van der Waals surface area contributed by atoms with Crippen molar-refractivity contribution in [1.82, 2.24) is 10.3 Å². The van der Waals surface area contributed by atoms with Crippen LogP contribution >= 0.6 is 0 Å². The van der Waals surface area contributed by atoms with Gasteiger partial charge in [0.05, 0.1) is 5.69 Å². The molecule has 0 fully saturated rings. The van der Waals surface area contributed by atoms with Crippen molar-refractivity contribution in [3.05, 3.63) is 29.6 Å². The van der Waals surface area contributed by atoms with Gasteiger partial charge in [0, 0.05) is 12.2 Å². The first-order valence-electron chi connectivity index (χ1n) is 7.87. The Morgan fingerprint density at radius 3 is 2.63 bits per heavy atom. The van der Waals surface area contributed by atoms with Crippen LogP contribution in [0.15, 0.2) is 18.3 Å². The monoisotopic (exact) mass is 262 g/mol. The fourth-order valence-electron chi connectivity index (χ4n) is 2.72. The van der Waals surface area contributed by atoms with Crippen LogP contribution < -0.4 is 5.32 Å². The van der Waals surface area contributed by atoms with Gasteiger partial charge in [-0.3, -0.25) is 4.98 Å². The van der Waals surface area contributed by atoms with Crippen LogP contribution in [0.4, 0.5) is 0 Å². The largest absolute Gasteiger partial charge is 0.309 e. The summed E-state index contributed by atoms with van der Waals surface area (Å²) in [5, 5.41) is 3.62. The van der Waals surface area contributed by atoms with Crippen LogP contribution in [0.3, 0.4) is 0 Å². The average Bonchev–Trinajstić information content (AvgIpc) is 2.43. The molecule has 0 saturated heterocycles. The number of pyridine rings is 1. The van der Waals surface area contributed by atoms with Crippen molar-refractivity contribution < 1.29 is 0 Å². The normalized spacial score (nSPS) is 14.3. The van der Waals surface area contributed by atoms with E-state index in [-0.39, 0.29) is 0 Å². The standard InChI is InChI=1S/C17H30N2/c1-5-8-11-15(6-2)13-16(18-7-3)17-14(4)10-9-12-19-17/h9-10,12,15-16,18H,5-8,11,13H2,1-4H3. The van der Waals surface area contributed by atoms with Gasteiger partial charge < -0.3 is 5.32 Å². The van der Waals surface area contributed by atoms with E-state index in [0.29, 0.717) is 6.04 Å². The summed E-state index contributed by atoms with van der Waals surface area (Å²) < 4.78 is 0. The highest BCUT2D eigenvalue weighted by molar-refractivity contribution is 5.21. The van der Waals surface area contributed by atoms with Gasteiger partial charge in [0.1, 0.15) is 0 Å². The second-order valence-corrected chi connectivity index (χ2v) is 5.47. The summed E-state index contributed by atoms with van der Waals surface area (Å²) in [5.74, 6) is 0.811. The van der Waals surface area contributed by atoms with Crippen LogP contribution in [-0.4, -0.2) is 11.5 Å². The first-order chi connectivity index (χ1) is 9.22. The Morgan fingerprint density at radius 2 is 2.05 bits per heavy atom. The summed E-state index contributed by atoms with van der Waals surface area (Å²) in [4.78, 5) is 4.60. The second kappa shape index (κ2) is 9.08. The van der Waals surface area contributed by atoms with Crippen LogP contribution in [0, 0.1) is 12.8 Å². The van der Waals surface area contributed by atoms with Gasteiger partial charge in [-0.05, 0) is 37.4 Å². The maximum atomic E-state index is 4.60. The molecular weight excluding hydrogens is 232 g/mol. The smallest absolute Gasteiger partial charge is 0.0602 e. The van der Waals surface area contributed by atoms with Crippen LogP contribution in [0.25, 0.3) is 0 Å². The van der Waals surface area contributed by atoms with Crippen molar-refractivity contribution in [3.63, 3.8) is 0 Å². The van der Waals surface area contributed by atoms with Gasteiger partial charge in [-0.1, -0.05) is 52.5 Å². The topological polar surface area (TPSA) is 24.9 Å². The molecule has 108 valence electrons. The Balaban J connectivity index is 2.74. The summed E-state index contributed by atoms with van der Waals surface area (Å²) in [5.41, 5.74) is 2.54. The third-order valence-electron chi connectivity index (χ3n) is 3.94. The molecule has 0 aromatic carbocycles. The number of aromatic nitrogens is 1. The van der Waals surface area contributed by atoms with E-state index in [1.165, 1.54) is 43.4 Å². The summed E-state index contributed by atoms with van der Waals surface area (Å²) >= 11 is 0. The molecule has 2 nitrogen and oxygen atoms in total. The van der Waals surface area contributed by atoms with Crippen molar-refractivity contribution in [2.45, 2.75) is 65.8 Å². The molecule has 0 aliphatic heterocycles. The molecule has 0 bridgehead atoms. The van der Waals surface area contributed by atoms with E-state index in [2.05, 4.69) is 44.1 Å². The quantitative estimate of drug-likeness (QED) is 0.701. The highest BCUT2D eigenvalue weighted by atomic mass is 14.9. The molecule has 0 aliphatic rings. The third kappa shape index (κ3) is 5.32. The molecule has 1 aromatic rings. The summed E-state index contributed by atoms with van der Waals surface area (Å²) in [6, 6.07) is 4.60. The van der Waals surface area contributed by atoms with Crippen LogP contribution in [-0.2, 0) is 0 Å². The Labute approximate surface area is 119 Å². The highest BCUT2D eigenvalue weighted by Crippen LogP contribution is 2.27. The van der Waals surface area contributed by atoms with Gasteiger partial charge in [-0.2, -0.15) is 0 Å². The maximum absolute atomic E-state index is 4.60. The second-order valence-electron chi connectivity index (χ2n) is 5.47. The zero-order valence-electron chi connectivity index (χ0n) is 13.1. The van der Waals surface area contributed by atoms with Crippen molar-refractivity contribution in [3.8, 4) is 0 Å². The number of hydrogen-bond acceptors (Lipinski definition) is 2. The van der Waals surface area contributed by atoms with E-state index in [4.69, 9.17) is 0 Å². The van der Waals surface area contributed by atoms with Crippen LogP contribution in [0.1, 0.15) is 70.2 Å². The lowest BCUT2D eigenvalue weighted by Crippen LogP contribution is -2.25. The summed E-state index contributed by atoms with van der Waals surface area (Å²) in [6.07, 6.45) is 8.39. The number of hydrogen-bond donors (Lipinski definition) is 1.